The first-order valence-corrected chi connectivity index (χ1v) is 11.1. The molecular formula is C25H24N4O2S. The van der Waals surface area contributed by atoms with Crippen LogP contribution in [0.2, 0.25) is 0 Å². The van der Waals surface area contributed by atoms with Gasteiger partial charge in [-0.2, -0.15) is 5.10 Å². The Morgan fingerprint density at radius 1 is 1.12 bits per heavy atom. The first-order valence-electron chi connectivity index (χ1n) is 10.3. The molecule has 1 N–H and O–H groups in total. The summed E-state index contributed by atoms with van der Waals surface area (Å²) in [4.78, 5) is 31.1. The largest absolute Gasteiger partial charge is 0.289 e. The molecule has 0 spiro atoms. The van der Waals surface area contributed by atoms with E-state index in [0.717, 1.165) is 16.0 Å². The van der Waals surface area contributed by atoms with Crippen molar-refractivity contribution in [3.05, 3.63) is 88.5 Å². The van der Waals surface area contributed by atoms with E-state index in [0.29, 0.717) is 10.2 Å². The lowest BCUT2D eigenvalue weighted by Crippen LogP contribution is -2.29. The van der Waals surface area contributed by atoms with Crippen molar-refractivity contribution < 1.29 is 4.79 Å². The van der Waals surface area contributed by atoms with E-state index in [4.69, 9.17) is 0 Å². The number of fused-ring (bicyclic) bond motifs is 1. The first-order chi connectivity index (χ1) is 15.3. The zero-order valence-electron chi connectivity index (χ0n) is 18.2. The zero-order chi connectivity index (χ0) is 22.7. The van der Waals surface area contributed by atoms with Gasteiger partial charge in [0.05, 0.1) is 17.9 Å². The van der Waals surface area contributed by atoms with Crippen molar-refractivity contribution in [2.75, 3.05) is 0 Å². The summed E-state index contributed by atoms with van der Waals surface area (Å²) >= 11 is 1.46. The summed E-state index contributed by atoms with van der Waals surface area (Å²) in [6.45, 7) is 6.31. The Balaban J connectivity index is 1.44. The Hall–Kier alpha value is -3.58. The Kier molecular flexibility index (Phi) is 6.01. The van der Waals surface area contributed by atoms with Crippen LogP contribution in [0, 0.1) is 0 Å². The maximum Gasteiger partial charge on any atom is 0.262 e. The molecule has 0 saturated carbocycles. The maximum atomic E-state index is 12.8. The van der Waals surface area contributed by atoms with E-state index < -0.39 is 5.91 Å². The standard InChI is InChI=1S/C25H24N4O2S/c1-25(2,3)19-11-9-17(10-12-19)14-27-28-22(30)15-29-16-26-23-20(24(29)31)13-21(32-23)18-7-5-4-6-8-18/h4-14,16H,15H2,1-3H3,(H,28,30)/b27-14-. The predicted octanol–water partition coefficient (Wildman–Crippen LogP) is 4.57. The minimum Gasteiger partial charge on any atom is -0.289 e. The average molecular weight is 445 g/mol. The van der Waals surface area contributed by atoms with Gasteiger partial charge in [0.1, 0.15) is 11.4 Å². The molecule has 4 aromatic rings. The molecule has 7 heteroatoms. The van der Waals surface area contributed by atoms with Crippen molar-refractivity contribution >= 4 is 33.7 Å². The Bertz CT molecular complexity index is 1330. The van der Waals surface area contributed by atoms with Gasteiger partial charge < -0.3 is 0 Å². The molecule has 2 aromatic carbocycles. The van der Waals surface area contributed by atoms with Gasteiger partial charge in [0.15, 0.2) is 0 Å². The molecule has 1 amide bonds. The lowest BCUT2D eigenvalue weighted by Gasteiger charge is -2.18. The monoisotopic (exact) mass is 444 g/mol. The third-order valence-corrected chi connectivity index (χ3v) is 6.16. The van der Waals surface area contributed by atoms with Gasteiger partial charge in [-0.25, -0.2) is 10.4 Å². The number of benzene rings is 2. The lowest BCUT2D eigenvalue weighted by atomic mass is 9.87. The fourth-order valence-electron chi connectivity index (χ4n) is 3.26. The third kappa shape index (κ3) is 4.84. The van der Waals surface area contributed by atoms with Crippen molar-refractivity contribution in [2.45, 2.75) is 32.7 Å². The smallest absolute Gasteiger partial charge is 0.262 e. The van der Waals surface area contributed by atoms with Gasteiger partial charge in [-0.3, -0.25) is 14.2 Å². The minimum atomic E-state index is -0.394. The van der Waals surface area contributed by atoms with Crippen LogP contribution in [-0.4, -0.2) is 21.7 Å². The van der Waals surface area contributed by atoms with Gasteiger partial charge >= 0.3 is 0 Å². The predicted molar refractivity (Wildman–Crippen MR) is 130 cm³/mol. The third-order valence-electron chi connectivity index (χ3n) is 5.07. The van der Waals surface area contributed by atoms with Crippen molar-refractivity contribution in [3.63, 3.8) is 0 Å². The molecule has 0 atom stereocenters. The molecule has 0 bridgehead atoms. The van der Waals surface area contributed by atoms with E-state index in [2.05, 4.69) is 36.3 Å². The number of hydrogen-bond acceptors (Lipinski definition) is 5. The molecule has 4 rings (SSSR count). The number of rotatable bonds is 5. The molecule has 2 heterocycles. The molecule has 0 radical (unpaired) electrons. The molecule has 0 saturated heterocycles. The maximum absolute atomic E-state index is 12.8. The first kappa shape index (κ1) is 21.6. The van der Waals surface area contributed by atoms with E-state index >= 15 is 0 Å². The molecule has 0 aliphatic carbocycles. The molecule has 0 aliphatic rings. The number of aromatic nitrogens is 2. The van der Waals surface area contributed by atoms with Crippen LogP contribution in [-0.2, 0) is 16.8 Å². The topological polar surface area (TPSA) is 76.3 Å². The van der Waals surface area contributed by atoms with Gasteiger partial charge in [0, 0.05) is 4.88 Å². The van der Waals surface area contributed by atoms with Crippen LogP contribution in [0.15, 0.2) is 76.9 Å². The van der Waals surface area contributed by atoms with Crippen molar-refractivity contribution in [3.8, 4) is 10.4 Å². The molecule has 2 aromatic heterocycles. The van der Waals surface area contributed by atoms with E-state index in [-0.39, 0.29) is 17.5 Å². The van der Waals surface area contributed by atoms with Crippen LogP contribution in [0.1, 0.15) is 31.9 Å². The van der Waals surface area contributed by atoms with E-state index in [1.54, 1.807) is 6.21 Å². The average Bonchev–Trinajstić information content (AvgIpc) is 3.21. The summed E-state index contributed by atoms with van der Waals surface area (Å²) in [6, 6.07) is 19.7. The second-order valence-corrected chi connectivity index (χ2v) is 9.57. The number of nitrogens with zero attached hydrogens (tertiary/aromatic N) is 3. The van der Waals surface area contributed by atoms with Crippen molar-refractivity contribution in [2.24, 2.45) is 5.10 Å². The summed E-state index contributed by atoms with van der Waals surface area (Å²) in [5.74, 6) is -0.394. The van der Waals surface area contributed by atoms with Gasteiger partial charge in [0.2, 0.25) is 0 Å². The van der Waals surface area contributed by atoms with Gasteiger partial charge in [0.25, 0.3) is 11.5 Å². The minimum absolute atomic E-state index is 0.0800. The molecule has 6 nitrogen and oxygen atoms in total. The van der Waals surface area contributed by atoms with Crippen LogP contribution in [0.25, 0.3) is 20.7 Å². The summed E-state index contributed by atoms with van der Waals surface area (Å²) < 4.78 is 1.30. The van der Waals surface area contributed by atoms with Crippen molar-refractivity contribution in [1.29, 1.82) is 0 Å². The highest BCUT2D eigenvalue weighted by Crippen LogP contribution is 2.30. The Labute approximate surface area is 190 Å². The van der Waals surface area contributed by atoms with Crippen LogP contribution in [0.4, 0.5) is 0 Å². The number of amides is 1. The second-order valence-electron chi connectivity index (χ2n) is 8.54. The fourth-order valence-corrected chi connectivity index (χ4v) is 4.25. The molecule has 0 aliphatic heterocycles. The highest BCUT2D eigenvalue weighted by atomic mass is 32.1. The Morgan fingerprint density at radius 3 is 2.53 bits per heavy atom. The number of thiophene rings is 1. The highest BCUT2D eigenvalue weighted by molar-refractivity contribution is 7.21. The summed E-state index contributed by atoms with van der Waals surface area (Å²) in [6.07, 6.45) is 2.99. The van der Waals surface area contributed by atoms with E-state index in [9.17, 15) is 9.59 Å². The number of carbonyl (C=O) groups is 1. The quantitative estimate of drug-likeness (QED) is 0.362. The molecule has 0 fully saturated rings. The molecule has 162 valence electrons. The van der Waals surface area contributed by atoms with E-state index in [1.165, 1.54) is 27.8 Å². The SMILES string of the molecule is CC(C)(C)c1ccc(/C=N\NC(=O)Cn2cnc3sc(-c4ccccc4)cc3c2=O)cc1. The summed E-state index contributed by atoms with van der Waals surface area (Å²) in [7, 11) is 0. The molecular weight excluding hydrogens is 420 g/mol. The van der Waals surface area contributed by atoms with Gasteiger partial charge in [-0.05, 0) is 28.2 Å². The normalized spacial score (nSPS) is 11.8. The summed E-state index contributed by atoms with van der Waals surface area (Å²) in [5.41, 5.74) is 5.45. The fraction of sp³-hybridized carbons (Fsp3) is 0.200. The van der Waals surface area contributed by atoms with Gasteiger partial charge in [-0.1, -0.05) is 75.4 Å². The number of hydrogen-bond donors (Lipinski definition) is 1. The molecule has 32 heavy (non-hydrogen) atoms. The van der Waals surface area contributed by atoms with Gasteiger partial charge in [-0.15, -0.1) is 11.3 Å². The van der Waals surface area contributed by atoms with E-state index in [1.807, 2.05) is 60.7 Å². The van der Waals surface area contributed by atoms with Crippen LogP contribution in [0.3, 0.4) is 0 Å². The Morgan fingerprint density at radius 2 is 1.84 bits per heavy atom. The van der Waals surface area contributed by atoms with Crippen LogP contribution >= 0.6 is 11.3 Å². The highest BCUT2D eigenvalue weighted by Gasteiger charge is 2.13. The lowest BCUT2D eigenvalue weighted by molar-refractivity contribution is -0.121. The number of carbonyl (C=O) groups excluding carboxylic acids is 1. The second kappa shape index (κ2) is 8.88. The number of hydrazone groups is 1. The summed E-state index contributed by atoms with van der Waals surface area (Å²) in [5, 5.41) is 4.51. The van der Waals surface area contributed by atoms with Crippen molar-refractivity contribution in [1.82, 2.24) is 15.0 Å². The van der Waals surface area contributed by atoms with Crippen LogP contribution in [0.5, 0.6) is 0 Å². The molecule has 0 unspecified atom stereocenters. The zero-order valence-corrected chi connectivity index (χ0v) is 19.0. The number of nitrogens with one attached hydrogen (secondary N) is 1. The van der Waals surface area contributed by atoms with Crippen LogP contribution < -0.4 is 11.0 Å².